The summed E-state index contributed by atoms with van der Waals surface area (Å²) >= 11 is 0. The van der Waals surface area contributed by atoms with E-state index >= 15 is 0 Å². The highest BCUT2D eigenvalue weighted by molar-refractivity contribution is 7.91. The van der Waals surface area contributed by atoms with Crippen LogP contribution in [-0.4, -0.2) is 26.2 Å². The zero-order chi connectivity index (χ0) is 14.5. The molecule has 1 aromatic rings. The molecule has 4 nitrogen and oxygen atoms in total. The Kier molecular flexibility index (Phi) is 5.18. The quantitative estimate of drug-likeness (QED) is 0.345. The first kappa shape index (κ1) is 15.3. The van der Waals surface area contributed by atoms with Crippen molar-refractivity contribution in [2.75, 3.05) is 5.75 Å². The van der Waals surface area contributed by atoms with Crippen molar-refractivity contribution in [1.29, 1.82) is 0 Å². The normalized spacial score (nSPS) is 12.2. The molecule has 0 spiro atoms. The van der Waals surface area contributed by atoms with E-state index in [9.17, 15) is 18.0 Å². The number of aryl methyl sites for hydroxylation is 1. The third-order valence-electron chi connectivity index (χ3n) is 2.74. The van der Waals surface area contributed by atoms with E-state index in [4.69, 9.17) is 0 Å². The molecule has 0 aliphatic carbocycles. The van der Waals surface area contributed by atoms with Gasteiger partial charge in [-0.3, -0.25) is 9.59 Å². The fourth-order valence-electron chi connectivity index (χ4n) is 1.53. The van der Waals surface area contributed by atoms with Crippen LogP contribution >= 0.6 is 0 Å². The van der Waals surface area contributed by atoms with E-state index in [-0.39, 0.29) is 22.6 Å². The Labute approximate surface area is 113 Å². The molecule has 19 heavy (non-hydrogen) atoms. The van der Waals surface area contributed by atoms with Crippen molar-refractivity contribution in [1.82, 2.24) is 0 Å². The highest BCUT2D eigenvalue weighted by Crippen LogP contribution is 2.13. The Balaban J connectivity index is 2.79. The van der Waals surface area contributed by atoms with E-state index in [1.54, 1.807) is 19.1 Å². The Hall–Kier alpha value is -1.75. The van der Waals surface area contributed by atoms with Gasteiger partial charge in [-0.1, -0.05) is 23.8 Å². The predicted molar refractivity (Wildman–Crippen MR) is 72.7 cm³/mol. The number of hydrogen-bond donors (Lipinski definition) is 0. The van der Waals surface area contributed by atoms with Gasteiger partial charge in [0.05, 0.1) is 16.2 Å². The molecule has 0 N–H and O–H groups in total. The molecule has 0 aliphatic rings. The Morgan fingerprint density at radius 3 is 2.26 bits per heavy atom. The van der Waals surface area contributed by atoms with Gasteiger partial charge >= 0.3 is 0 Å². The van der Waals surface area contributed by atoms with E-state index in [1.807, 2.05) is 6.92 Å². The van der Waals surface area contributed by atoms with Crippen LogP contribution in [0.5, 0.6) is 0 Å². The van der Waals surface area contributed by atoms with Crippen LogP contribution in [0.25, 0.3) is 0 Å². The van der Waals surface area contributed by atoms with Crippen molar-refractivity contribution in [2.45, 2.75) is 25.2 Å². The van der Waals surface area contributed by atoms with Crippen molar-refractivity contribution < 1.29 is 18.0 Å². The second-order valence-electron chi connectivity index (χ2n) is 4.17. The maximum absolute atomic E-state index is 12.0. The van der Waals surface area contributed by atoms with Crippen LogP contribution in [0.15, 0.2) is 40.8 Å². The predicted octanol–water partition coefficient (Wildman–Crippen LogP) is 1.87. The summed E-state index contributed by atoms with van der Waals surface area (Å²) in [6.07, 6.45) is 1.64. The molecule has 0 radical (unpaired) electrons. The van der Waals surface area contributed by atoms with Gasteiger partial charge in [0, 0.05) is 6.42 Å². The van der Waals surface area contributed by atoms with E-state index in [0.29, 0.717) is 6.29 Å². The van der Waals surface area contributed by atoms with Gasteiger partial charge < -0.3 is 0 Å². The highest BCUT2D eigenvalue weighted by atomic mass is 32.2. The maximum atomic E-state index is 12.0. The number of benzene rings is 1. The summed E-state index contributed by atoms with van der Waals surface area (Å²) in [5, 5.41) is 0. The molecule has 0 fully saturated rings. The Bertz CT molecular complexity index is 595. The largest absolute Gasteiger partial charge is 0.298 e. The number of aldehydes is 1. The molecule has 0 atom stereocenters. The molecule has 1 rings (SSSR count). The lowest BCUT2D eigenvalue weighted by molar-refractivity contribution is -0.117. The smallest absolute Gasteiger partial charge is 0.178 e. The summed E-state index contributed by atoms with van der Waals surface area (Å²) < 4.78 is 24.0. The molecular formula is C14H16O4S. The van der Waals surface area contributed by atoms with Crippen LogP contribution in [0.2, 0.25) is 0 Å². The number of carbonyl (C=O) groups excluding carboxylic acids is 2. The average Bonchev–Trinajstić information content (AvgIpc) is 2.38. The molecular weight excluding hydrogens is 264 g/mol. The van der Waals surface area contributed by atoms with Crippen molar-refractivity contribution in [3.8, 4) is 0 Å². The lowest BCUT2D eigenvalue weighted by Gasteiger charge is -2.04. The first-order valence-electron chi connectivity index (χ1n) is 5.85. The lowest BCUT2D eigenvalue weighted by atomic mass is 10.1. The second kappa shape index (κ2) is 6.43. The highest BCUT2D eigenvalue weighted by Gasteiger charge is 2.17. The summed E-state index contributed by atoms with van der Waals surface area (Å²) in [6.45, 7) is 3.43. The van der Waals surface area contributed by atoms with Gasteiger partial charge in [-0.05, 0) is 26.0 Å². The van der Waals surface area contributed by atoms with Crippen molar-refractivity contribution >= 4 is 21.9 Å². The molecule has 0 heterocycles. The summed E-state index contributed by atoms with van der Waals surface area (Å²) in [7, 11) is -3.49. The van der Waals surface area contributed by atoms with E-state index in [1.165, 1.54) is 18.2 Å². The zero-order valence-corrected chi connectivity index (χ0v) is 11.7. The van der Waals surface area contributed by atoms with E-state index < -0.39 is 15.6 Å². The fourth-order valence-corrected chi connectivity index (χ4v) is 2.77. The van der Waals surface area contributed by atoms with Crippen LogP contribution < -0.4 is 0 Å². The van der Waals surface area contributed by atoms with E-state index in [2.05, 4.69) is 0 Å². The van der Waals surface area contributed by atoms with Gasteiger partial charge in [-0.25, -0.2) is 8.42 Å². The standard InChI is InChI=1S/C14H16O4S/c1-3-12(10-15)14(16)8-9-19(17,18)13-6-4-11(2)5-7-13/h3-7,10H,8-9H2,1-2H3. The third-order valence-corrected chi connectivity index (χ3v) is 4.47. The fraction of sp³-hybridized carbons (Fsp3) is 0.286. The van der Waals surface area contributed by atoms with Crippen molar-refractivity contribution in [3.63, 3.8) is 0 Å². The van der Waals surface area contributed by atoms with Gasteiger partial charge in [0.25, 0.3) is 0 Å². The topological polar surface area (TPSA) is 68.3 Å². The number of allylic oxidation sites excluding steroid dienone is 2. The van der Waals surface area contributed by atoms with Gasteiger partial charge in [0.2, 0.25) is 0 Å². The van der Waals surface area contributed by atoms with Crippen molar-refractivity contribution in [2.24, 2.45) is 0 Å². The van der Waals surface area contributed by atoms with Gasteiger partial charge in [0.1, 0.15) is 0 Å². The van der Waals surface area contributed by atoms with Gasteiger partial charge in [0.15, 0.2) is 21.9 Å². The first-order chi connectivity index (χ1) is 8.90. The first-order valence-corrected chi connectivity index (χ1v) is 7.50. The monoisotopic (exact) mass is 280 g/mol. The molecule has 0 aromatic heterocycles. The molecule has 5 heteroatoms. The molecule has 1 aromatic carbocycles. The lowest BCUT2D eigenvalue weighted by Crippen LogP contribution is -2.13. The molecule has 0 unspecified atom stereocenters. The number of rotatable bonds is 6. The number of carbonyl (C=O) groups is 2. The summed E-state index contributed by atoms with van der Waals surface area (Å²) in [5.74, 6) is -0.742. The van der Waals surface area contributed by atoms with Gasteiger partial charge in [-0.2, -0.15) is 0 Å². The summed E-state index contributed by atoms with van der Waals surface area (Å²) in [5.41, 5.74) is 0.978. The minimum absolute atomic E-state index is 0.0131. The molecule has 0 bridgehead atoms. The average molecular weight is 280 g/mol. The zero-order valence-electron chi connectivity index (χ0n) is 10.9. The number of sulfone groups is 1. The molecule has 0 saturated carbocycles. The SMILES string of the molecule is CC=C(C=O)C(=O)CCS(=O)(=O)c1ccc(C)cc1. The Morgan fingerprint density at radius 1 is 1.21 bits per heavy atom. The van der Waals surface area contributed by atoms with E-state index in [0.717, 1.165) is 5.56 Å². The van der Waals surface area contributed by atoms with Gasteiger partial charge in [-0.15, -0.1) is 0 Å². The molecule has 0 aliphatic heterocycles. The minimum Gasteiger partial charge on any atom is -0.298 e. The third kappa shape index (κ3) is 4.13. The number of Topliss-reactive ketones (excluding diaryl/α,β-unsaturated/α-hetero) is 1. The second-order valence-corrected chi connectivity index (χ2v) is 6.28. The Morgan fingerprint density at radius 2 is 1.79 bits per heavy atom. The molecule has 102 valence electrons. The van der Waals surface area contributed by atoms with Crippen LogP contribution in [0.1, 0.15) is 18.9 Å². The van der Waals surface area contributed by atoms with Crippen molar-refractivity contribution in [3.05, 3.63) is 41.5 Å². The van der Waals surface area contributed by atoms with Crippen LogP contribution in [0.3, 0.4) is 0 Å². The maximum Gasteiger partial charge on any atom is 0.178 e. The van der Waals surface area contributed by atoms with Crippen LogP contribution in [0, 0.1) is 6.92 Å². The number of hydrogen-bond acceptors (Lipinski definition) is 4. The number of ketones is 1. The summed E-state index contributed by atoms with van der Waals surface area (Å²) in [4.78, 5) is 22.3. The van der Waals surface area contributed by atoms with Crippen LogP contribution in [0.4, 0.5) is 0 Å². The minimum atomic E-state index is -3.49. The summed E-state index contributed by atoms with van der Waals surface area (Å²) in [6, 6.07) is 6.45. The van der Waals surface area contributed by atoms with Crippen LogP contribution in [-0.2, 0) is 19.4 Å². The molecule has 0 amide bonds. The molecule has 0 saturated heterocycles.